The Morgan fingerprint density at radius 2 is 1.79 bits per heavy atom. The molecule has 0 aliphatic rings. The van der Waals surface area contributed by atoms with Crippen LogP contribution in [0.5, 0.6) is 0 Å². The minimum atomic E-state index is -0.407. The van der Waals surface area contributed by atoms with Crippen molar-refractivity contribution in [3.05, 3.63) is 70.5 Å². The highest BCUT2D eigenvalue weighted by Crippen LogP contribution is 2.23. The van der Waals surface area contributed by atoms with Crippen molar-refractivity contribution in [3.63, 3.8) is 0 Å². The minimum absolute atomic E-state index is 0.240. The van der Waals surface area contributed by atoms with Crippen LogP contribution in [0.1, 0.15) is 41.6 Å². The second-order valence-electron chi connectivity index (χ2n) is 4.99. The number of hydrogen-bond donors (Lipinski definition) is 1. The molecule has 0 radical (unpaired) electrons. The summed E-state index contributed by atoms with van der Waals surface area (Å²) in [5.41, 5.74) is 9.99. The standard InChI is InChI=1S/C17H20FN/c1-3-4-13-6-8-14(9-7-13)17(19)15-11-12(2)5-10-16(15)18/h5-11,17H,3-4,19H2,1-2H3. The van der Waals surface area contributed by atoms with Crippen molar-refractivity contribution >= 4 is 0 Å². The van der Waals surface area contributed by atoms with Crippen molar-refractivity contribution in [2.45, 2.75) is 32.7 Å². The van der Waals surface area contributed by atoms with Crippen molar-refractivity contribution in [2.75, 3.05) is 0 Å². The Morgan fingerprint density at radius 3 is 2.42 bits per heavy atom. The maximum Gasteiger partial charge on any atom is 0.128 e. The van der Waals surface area contributed by atoms with Gasteiger partial charge in [-0.1, -0.05) is 55.3 Å². The van der Waals surface area contributed by atoms with E-state index in [0.717, 1.165) is 24.0 Å². The smallest absolute Gasteiger partial charge is 0.128 e. The first-order valence-electron chi connectivity index (χ1n) is 6.72. The average molecular weight is 257 g/mol. The Bertz CT molecular complexity index is 546. The number of aryl methyl sites for hydroxylation is 2. The van der Waals surface area contributed by atoms with Crippen LogP contribution < -0.4 is 5.73 Å². The lowest BCUT2D eigenvalue weighted by Crippen LogP contribution is -2.13. The summed E-state index contributed by atoms with van der Waals surface area (Å²) in [6.45, 7) is 4.10. The molecule has 0 amide bonds. The molecule has 100 valence electrons. The molecule has 0 aliphatic carbocycles. The normalized spacial score (nSPS) is 12.4. The van der Waals surface area contributed by atoms with Gasteiger partial charge in [-0.05, 0) is 30.5 Å². The molecule has 2 aromatic carbocycles. The SMILES string of the molecule is CCCc1ccc(C(N)c2cc(C)ccc2F)cc1. The lowest BCUT2D eigenvalue weighted by atomic mass is 9.96. The summed E-state index contributed by atoms with van der Waals surface area (Å²) in [5, 5.41) is 0. The zero-order chi connectivity index (χ0) is 13.8. The van der Waals surface area contributed by atoms with E-state index in [9.17, 15) is 4.39 Å². The number of nitrogens with two attached hydrogens (primary N) is 1. The van der Waals surface area contributed by atoms with Crippen LogP contribution in [0.4, 0.5) is 4.39 Å². The molecule has 1 nitrogen and oxygen atoms in total. The van der Waals surface area contributed by atoms with Gasteiger partial charge < -0.3 is 5.73 Å². The van der Waals surface area contributed by atoms with Crippen molar-refractivity contribution in [3.8, 4) is 0 Å². The Kier molecular flexibility index (Phi) is 4.33. The number of halogens is 1. The maximum atomic E-state index is 13.8. The maximum absolute atomic E-state index is 13.8. The molecule has 2 aromatic rings. The molecule has 2 heteroatoms. The van der Waals surface area contributed by atoms with Crippen LogP contribution in [0.3, 0.4) is 0 Å². The first kappa shape index (κ1) is 13.8. The topological polar surface area (TPSA) is 26.0 Å². The second-order valence-corrected chi connectivity index (χ2v) is 4.99. The van der Waals surface area contributed by atoms with Crippen molar-refractivity contribution in [1.82, 2.24) is 0 Å². The van der Waals surface area contributed by atoms with Gasteiger partial charge in [0, 0.05) is 5.56 Å². The summed E-state index contributed by atoms with van der Waals surface area (Å²) in [6, 6.07) is 12.8. The molecule has 0 spiro atoms. The third-order valence-corrected chi connectivity index (χ3v) is 3.36. The van der Waals surface area contributed by atoms with E-state index in [1.807, 2.05) is 25.1 Å². The predicted molar refractivity (Wildman–Crippen MR) is 77.6 cm³/mol. The molecule has 0 fully saturated rings. The summed E-state index contributed by atoms with van der Waals surface area (Å²) in [7, 11) is 0. The average Bonchev–Trinajstić information content (AvgIpc) is 2.42. The van der Waals surface area contributed by atoms with Crippen molar-refractivity contribution in [2.24, 2.45) is 5.73 Å². The van der Waals surface area contributed by atoms with Gasteiger partial charge in [-0.25, -0.2) is 4.39 Å². The predicted octanol–water partition coefficient (Wildman–Crippen LogP) is 4.13. The third kappa shape index (κ3) is 3.21. The lowest BCUT2D eigenvalue weighted by molar-refractivity contribution is 0.599. The molecule has 2 N–H and O–H groups in total. The molecular weight excluding hydrogens is 237 g/mol. The van der Waals surface area contributed by atoms with Gasteiger partial charge in [0.2, 0.25) is 0 Å². The highest BCUT2D eigenvalue weighted by Gasteiger charge is 2.13. The summed E-state index contributed by atoms with van der Waals surface area (Å²) < 4.78 is 13.8. The Hall–Kier alpha value is -1.67. The molecule has 2 rings (SSSR count). The molecule has 0 bridgehead atoms. The van der Waals surface area contributed by atoms with E-state index in [2.05, 4.69) is 19.1 Å². The van der Waals surface area contributed by atoms with Crippen LogP contribution in [0.15, 0.2) is 42.5 Å². The van der Waals surface area contributed by atoms with E-state index in [4.69, 9.17) is 5.73 Å². The van der Waals surface area contributed by atoms with Crippen LogP contribution in [0.25, 0.3) is 0 Å². The van der Waals surface area contributed by atoms with Gasteiger partial charge in [0.1, 0.15) is 5.82 Å². The fourth-order valence-electron chi connectivity index (χ4n) is 2.26. The van der Waals surface area contributed by atoms with Gasteiger partial charge in [0.25, 0.3) is 0 Å². The van der Waals surface area contributed by atoms with Crippen molar-refractivity contribution < 1.29 is 4.39 Å². The molecule has 0 saturated carbocycles. The Labute approximate surface area is 114 Å². The first-order chi connectivity index (χ1) is 9.11. The quantitative estimate of drug-likeness (QED) is 0.875. The molecule has 0 aliphatic heterocycles. The number of rotatable bonds is 4. The number of benzene rings is 2. The van der Waals surface area contributed by atoms with Crippen LogP contribution in [-0.4, -0.2) is 0 Å². The van der Waals surface area contributed by atoms with E-state index in [1.165, 1.54) is 11.6 Å². The molecule has 1 unspecified atom stereocenters. The van der Waals surface area contributed by atoms with Gasteiger partial charge in [0.05, 0.1) is 6.04 Å². The Morgan fingerprint density at radius 1 is 1.11 bits per heavy atom. The van der Waals surface area contributed by atoms with E-state index >= 15 is 0 Å². The van der Waals surface area contributed by atoms with Gasteiger partial charge in [-0.3, -0.25) is 0 Å². The van der Waals surface area contributed by atoms with Crippen LogP contribution in [0.2, 0.25) is 0 Å². The van der Waals surface area contributed by atoms with Gasteiger partial charge in [0.15, 0.2) is 0 Å². The van der Waals surface area contributed by atoms with Crippen LogP contribution >= 0.6 is 0 Å². The first-order valence-corrected chi connectivity index (χ1v) is 6.72. The van der Waals surface area contributed by atoms with Crippen molar-refractivity contribution in [1.29, 1.82) is 0 Å². The fraction of sp³-hybridized carbons (Fsp3) is 0.294. The molecule has 1 atom stereocenters. The highest BCUT2D eigenvalue weighted by molar-refractivity contribution is 5.35. The summed E-state index contributed by atoms with van der Waals surface area (Å²) in [4.78, 5) is 0. The zero-order valence-electron chi connectivity index (χ0n) is 11.5. The largest absolute Gasteiger partial charge is 0.320 e. The minimum Gasteiger partial charge on any atom is -0.320 e. The fourth-order valence-corrected chi connectivity index (χ4v) is 2.26. The van der Waals surface area contributed by atoms with E-state index in [-0.39, 0.29) is 5.82 Å². The third-order valence-electron chi connectivity index (χ3n) is 3.36. The van der Waals surface area contributed by atoms with E-state index in [1.54, 1.807) is 6.07 Å². The summed E-state index contributed by atoms with van der Waals surface area (Å²) in [5.74, 6) is -0.240. The molecule has 19 heavy (non-hydrogen) atoms. The molecule has 0 saturated heterocycles. The summed E-state index contributed by atoms with van der Waals surface area (Å²) in [6.07, 6.45) is 2.19. The van der Waals surface area contributed by atoms with E-state index < -0.39 is 6.04 Å². The monoisotopic (exact) mass is 257 g/mol. The highest BCUT2D eigenvalue weighted by atomic mass is 19.1. The molecular formula is C17H20FN. The van der Waals surface area contributed by atoms with Crippen LogP contribution in [-0.2, 0) is 6.42 Å². The molecule has 0 aromatic heterocycles. The number of hydrogen-bond acceptors (Lipinski definition) is 1. The van der Waals surface area contributed by atoms with E-state index in [0.29, 0.717) is 5.56 Å². The van der Waals surface area contributed by atoms with Gasteiger partial charge >= 0.3 is 0 Å². The molecule has 0 heterocycles. The lowest BCUT2D eigenvalue weighted by Gasteiger charge is -2.14. The summed E-state index contributed by atoms with van der Waals surface area (Å²) >= 11 is 0. The van der Waals surface area contributed by atoms with Crippen LogP contribution in [0, 0.1) is 12.7 Å². The van der Waals surface area contributed by atoms with Gasteiger partial charge in [-0.15, -0.1) is 0 Å². The second kappa shape index (κ2) is 5.98. The zero-order valence-corrected chi connectivity index (χ0v) is 11.5. The van der Waals surface area contributed by atoms with Gasteiger partial charge in [-0.2, -0.15) is 0 Å². The Balaban J connectivity index is 2.27.